The number of benzene rings is 1. The normalized spacial score (nSPS) is 12.2. The van der Waals surface area contributed by atoms with Crippen LogP contribution in [0.5, 0.6) is 0 Å². The van der Waals surface area contributed by atoms with Crippen molar-refractivity contribution in [3.8, 4) is 0 Å². The average Bonchev–Trinajstić information content (AvgIpc) is 2.17. The van der Waals surface area contributed by atoms with Crippen LogP contribution in [0.2, 0.25) is 5.02 Å². The highest BCUT2D eigenvalue weighted by molar-refractivity contribution is 7.79. The summed E-state index contributed by atoms with van der Waals surface area (Å²) in [7, 11) is 0. The quantitative estimate of drug-likeness (QED) is 0.603. The van der Waals surface area contributed by atoms with Crippen molar-refractivity contribution in [2.75, 3.05) is 6.61 Å². The second-order valence-corrected chi connectivity index (χ2v) is 3.86. The van der Waals surface area contributed by atoms with Gasteiger partial charge in [-0.2, -0.15) is 0 Å². The van der Waals surface area contributed by atoms with E-state index >= 15 is 0 Å². The van der Waals surface area contributed by atoms with E-state index in [0.29, 0.717) is 0 Å². The van der Waals surface area contributed by atoms with Crippen molar-refractivity contribution in [1.29, 1.82) is 0 Å². The first kappa shape index (κ1) is 12.2. The molecule has 1 unspecified atom stereocenters. The number of rotatable bonds is 3. The van der Waals surface area contributed by atoms with Gasteiger partial charge in [-0.1, -0.05) is 17.7 Å². The van der Waals surface area contributed by atoms with Crippen LogP contribution >= 0.6 is 11.6 Å². The Morgan fingerprint density at radius 3 is 2.80 bits per heavy atom. The Balaban J connectivity index is 3.23. The molecule has 1 aromatic rings. The van der Waals surface area contributed by atoms with Gasteiger partial charge < -0.3 is 9.29 Å². The molecule has 0 spiro atoms. The number of halogens is 1. The first-order valence-corrected chi connectivity index (χ1v) is 5.58. The zero-order chi connectivity index (χ0) is 11.4. The molecule has 6 heteroatoms. The minimum absolute atomic E-state index is 0.00823. The lowest BCUT2D eigenvalue weighted by atomic mass is 10.2. The summed E-state index contributed by atoms with van der Waals surface area (Å²) in [6.07, 6.45) is 0. The molecule has 0 amide bonds. The number of carbonyl (C=O) groups excluding carboxylic acids is 1. The van der Waals surface area contributed by atoms with Gasteiger partial charge >= 0.3 is 5.97 Å². The van der Waals surface area contributed by atoms with E-state index in [-0.39, 0.29) is 22.1 Å². The lowest BCUT2D eigenvalue weighted by Gasteiger charge is -2.12. The molecule has 82 valence electrons. The highest BCUT2D eigenvalue weighted by atomic mass is 35.5. The van der Waals surface area contributed by atoms with Crippen LogP contribution in [0.3, 0.4) is 0 Å². The molecule has 0 heterocycles. The summed E-state index contributed by atoms with van der Waals surface area (Å²) in [4.78, 5) is 11.1. The van der Waals surface area contributed by atoms with Crippen LogP contribution in [0.1, 0.15) is 17.3 Å². The van der Waals surface area contributed by atoms with Crippen LogP contribution in [-0.2, 0) is 15.8 Å². The number of ether oxygens (including phenoxy) is 1. The van der Waals surface area contributed by atoms with Crippen LogP contribution < -0.4 is 0 Å². The van der Waals surface area contributed by atoms with Gasteiger partial charge in [-0.05, 0) is 30.1 Å². The molecule has 15 heavy (non-hydrogen) atoms. The molecule has 0 fully saturated rings. The summed E-state index contributed by atoms with van der Waals surface area (Å²) in [5.41, 5.74) is -0.0438. The second kappa shape index (κ2) is 5.25. The lowest BCUT2D eigenvalue weighted by molar-refractivity contribution is 0.0522. The van der Waals surface area contributed by atoms with Crippen molar-refractivity contribution in [2.24, 2.45) is 0 Å². The Bertz CT molecular complexity index is 405. The maximum atomic E-state index is 11.4. The Hall–Kier alpha value is -0.910. The third-order valence-electron chi connectivity index (χ3n) is 1.63. The van der Waals surface area contributed by atoms with Gasteiger partial charge in [0.25, 0.3) is 0 Å². The van der Waals surface area contributed by atoms with E-state index < -0.39 is 17.0 Å². The Labute approximate surface area is 94.5 Å². The van der Waals surface area contributed by atoms with Gasteiger partial charge in [0.05, 0.1) is 22.1 Å². The molecular formula is C9H8ClO4S-. The highest BCUT2D eigenvalue weighted by Crippen LogP contribution is 2.23. The summed E-state index contributed by atoms with van der Waals surface area (Å²) in [6.45, 7) is 1.81. The van der Waals surface area contributed by atoms with E-state index in [9.17, 15) is 13.6 Å². The number of carbonyl (C=O) groups is 1. The summed E-state index contributed by atoms with van der Waals surface area (Å²) >= 11 is 3.11. The fourth-order valence-electron chi connectivity index (χ4n) is 1.05. The highest BCUT2D eigenvalue weighted by Gasteiger charge is 2.15. The van der Waals surface area contributed by atoms with Crippen molar-refractivity contribution in [1.82, 2.24) is 0 Å². The summed E-state index contributed by atoms with van der Waals surface area (Å²) < 4.78 is 26.4. The summed E-state index contributed by atoms with van der Waals surface area (Å²) in [5, 5.41) is 0.00823. The molecule has 1 rings (SSSR count). The van der Waals surface area contributed by atoms with Crippen molar-refractivity contribution in [3.05, 3.63) is 28.8 Å². The zero-order valence-corrected chi connectivity index (χ0v) is 9.43. The fraction of sp³-hybridized carbons (Fsp3) is 0.222. The molecule has 4 nitrogen and oxygen atoms in total. The molecule has 0 bridgehead atoms. The van der Waals surface area contributed by atoms with Gasteiger partial charge in [0.2, 0.25) is 0 Å². The molecule has 0 aliphatic rings. The molecule has 0 aromatic heterocycles. The fourth-order valence-corrected chi connectivity index (χ4v) is 1.97. The van der Waals surface area contributed by atoms with Crippen LogP contribution in [-0.4, -0.2) is 21.3 Å². The maximum Gasteiger partial charge on any atom is 0.339 e. The van der Waals surface area contributed by atoms with E-state index in [1.54, 1.807) is 6.92 Å². The van der Waals surface area contributed by atoms with Crippen molar-refractivity contribution in [3.63, 3.8) is 0 Å². The molecule has 1 atom stereocenters. The van der Waals surface area contributed by atoms with Crippen LogP contribution in [0, 0.1) is 0 Å². The molecule has 1 aromatic carbocycles. The molecule has 0 aliphatic carbocycles. The molecule has 0 radical (unpaired) electrons. The van der Waals surface area contributed by atoms with Crippen LogP contribution in [0.4, 0.5) is 0 Å². The summed E-state index contributed by atoms with van der Waals surface area (Å²) in [6, 6.07) is 4.25. The number of hydrogen-bond acceptors (Lipinski definition) is 4. The van der Waals surface area contributed by atoms with E-state index in [4.69, 9.17) is 16.3 Å². The predicted molar refractivity (Wildman–Crippen MR) is 54.6 cm³/mol. The average molecular weight is 248 g/mol. The monoisotopic (exact) mass is 247 g/mol. The molecule has 0 aliphatic heterocycles. The smallest absolute Gasteiger partial charge is 0.339 e. The number of hydrogen-bond donors (Lipinski definition) is 0. The Morgan fingerprint density at radius 2 is 2.27 bits per heavy atom. The Kier molecular flexibility index (Phi) is 4.26. The van der Waals surface area contributed by atoms with Gasteiger partial charge in [0, 0.05) is 0 Å². The van der Waals surface area contributed by atoms with Gasteiger partial charge in [-0.3, -0.25) is 4.21 Å². The number of esters is 1. The standard InChI is InChI=1S/C9H9ClO4S/c1-2-14-9(11)6-4-3-5-7(10)8(6)15(12)13/h3-5H,2H2,1H3,(H,12,13)/p-1. The third-order valence-corrected chi connectivity index (χ3v) is 2.83. The molecule has 0 saturated carbocycles. The van der Waals surface area contributed by atoms with Gasteiger partial charge in [-0.15, -0.1) is 0 Å². The predicted octanol–water partition coefficient (Wildman–Crippen LogP) is 1.75. The van der Waals surface area contributed by atoms with Crippen molar-refractivity contribution in [2.45, 2.75) is 11.8 Å². The molecule has 0 N–H and O–H groups in total. The lowest BCUT2D eigenvalue weighted by Crippen LogP contribution is -2.09. The Morgan fingerprint density at radius 1 is 1.60 bits per heavy atom. The third kappa shape index (κ3) is 2.77. The van der Waals surface area contributed by atoms with Crippen molar-refractivity contribution < 1.29 is 18.3 Å². The van der Waals surface area contributed by atoms with Gasteiger partial charge in [0.15, 0.2) is 0 Å². The first-order chi connectivity index (χ1) is 7.07. The van der Waals surface area contributed by atoms with Crippen LogP contribution in [0.15, 0.2) is 23.1 Å². The van der Waals surface area contributed by atoms with Gasteiger partial charge in [0.1, 0.15) is 0 Å². The van der Waals surface area contributed by atoms with E-state index in [2.05, 4.69) is 0 Å². The van der Waals surface area contributed by atoms with E-state index in [1.165, 1.54) is 18.2 Å². The molecule has 0 saturated heterocycles. The topological polar surface area (TPSA) is 66.4 Å². The minimum atomic E-state index is -2.56. The van der Waals surface area contributed by atoms with E-state index in [1.807, 2.05) is 0 Å². The largest absolute Gasteiger partial charge is 0.768 e. The SMILES string of the molecule is CCOC(=O)c1cccc(Cl)c1S(=O)[O-]. The van der Waals surface area contributed by atoms with Gasteiger partial charge in [-0.25, -0.2) is 4.79 Å². The van der Waals surface area contributed by atoms with Crippen molar-refractivity contribution >= 4 is 28.7 Å². The zero-order valence-electron chi connectivity index (χ0n) is 7.86. The van der Waals surface area contributed by atoms with E-state index in [0.717, 1.165) is 0 Å². The minimum Gasteiger partial charge on any atom is -0.768 e. The summed E-state index contributed by atoms with van der Waals surface area (Å²) in [5.74, 6) is -0.695. The first-order valence-electron chi connectivity index (χ1n) is 4.12. The maximum absolute atomic E-state index is 11.4. The van der Waals surface area contributed by atoms with Crippen LogP contribution in [0.25, 0.3) is 0 Å². The second-order valence-electron chi connectivity index (χ2n) is 2.57. The molecular weight excluding hydrogens is 240 g/mol.